The molecule has 0 saturated carbocycles. The molecule has 2 heterocycles. The van der Waals surface area contributed by atoms with Crippen molar-refractivity contribution < 1.29 is 9.53 Å². The predicted octanol–water partition coefficient (Wildman–Crippen LogP) is 2.60. The number of hydrogen-bond acceptors (Lipinski definition) is 5. The van der Waals surface area contributed by atoms with Crippen molar-refractivity contribution in [3.63, 3.8) is 0 Å². The second-order valence-electron chi connectivity index (χ2n) is 5.94. The molecule has 1 amide bonds. The minimum absolute atomic E-state index is 0.0903. The number of rotatable bonds is 5. The van der Waals surface area contributed by atoms with Gasteiger partial charge in [0.2, 0.25) is 11.9 Å². The number of carbonyl (C=O) groups excluding carboxylic acids is 1. The predicted molar refractivity (Wildman–Crippen MR) is 97.3 cm³/mol. The van der Waals surface area contributed by atoms with Gasteiger partial charge in [0.05, 0.1) is 13.2 Å². The summed E-state index contributed by atoms with van der Waals surface area (Å²) in [7, 11) is 1.67. The fourth-order valence-electron chi connectivity index (χ4n) is 2.85. The third kappa shape index (κ3) is 4.22. The van der Waals surface area contributed by atoms with Crippen LogP contribution in [0.25, 0.3) is 5.57 Å². The molecule has 1 aliphatic heterocycles. The van der Waals surface area contributed by atoms with E-state index < -0.39 is 0 Å². The van der Waals surface area contributed by atoms with Crippen LogP contribution in [-0.4, -0.2) is 47.0 Å². The third-order valence-electron chi connectivity index (χ3n) is 4.43. The first-order chi connectivity index (χ1) is 12.2. The van der Waals surface area contributed by atoms with Crippen LogP contribution in [-0.2, 0) is 4.79 Å². The second-order valence-corrected chi connectivity index (χ2v) is 5.94. The van der Waals surface area contributed by atoms with E-state index >= 15 is 0 Å². The van der Waals surface area contributed by atoms with E-state index in [4.69, 9.17) is 4.74 Å². The highest BCUT2D eigenvalue weighted by Crippen LogP contribution is 2.25. The van der Waals surface area contributed by atoms with Crippen molar-refractivity contribution in [1.29, 1.82) is 0 Å². The second kappa shape index (κ2) is 7.90. The summed E-state index contributed by atoms with van der Waals surface area (Å²) in [6.07, 6.45) is 6.32. The average Bonchev–Trinajstić information content (AvgIpc) is 2.68. The molecule has 3 rings (SSSR count). The van der Waals surface area contributed by atoms with Gasteiger partial charge in [-0.05, 0) is 42.7 Å². The first kappa shape index (κ1) is 17.1. The summed E-state index contributed by atoms with van der Waals surface area (Å²) in [6, 6.07) is 9.57. The van der Waals surface area contributed by atoms with Gasteiger partial charge < -0.3 is 4.74 Å². The summed E-state index contributed by atoms with van der Waals surface area (Å²) in [5.41, 5.74) is 2.51. The van der Waals surface area contributed by atoms with Crippen LogP contribution in [0.4, 0.5) is 5.95 Å². The van der Waals surface area contributed by atoms with Crippen LogP contribution in [0, 0.1) is 0 Å². The van der Waals surface area contributed by atoms with Crippen LogP contribution < -0.4 is 10.1 Å². The Kier molecular flexibility index (Phi) is 5.40. The molecule has 0 aliphatic carbocycles. The van der Waals surface area contributed by atoms with Crippen molar-refractivity contribution in [2.24, 2.45) is 0 Å². The lowest BCUT2D eigenvalue weighted by Crippen LogP contribution is -2.44. The highest BCUT2D eigenvalue weighted by molar-refractivity contribution is 5.93. The van der Waals surface area contributed by atoms with Gasteiger partial charge >= 0.3 is 0 Å². The van der Waals surface area contributed by atoms with Crippen LogP contribution >= 0.6 is 0 Å². The zero-order chi connectivity index (χ0) is 17.6. The molecule has 0 saturated heterocycles. The molecule has 6 nitrogen and oxygen atoms in total. The summed E-state index contributed by atoms with van der Waals surface area (Å²) >= 11 is 0. The van der Waals surface area contributed by atoms with Gasteiger partial charge in [0.15, 0.2) is 0 Å². The highest BCUT2D eigenvalue weighted by Gasteiger charge is 2.24. The summed E-state index contributed by atoms with van der Waals surface area (Å²) in [6.45, 7) is 3.48. The van der Waals surface area contributed by atoms with Crippen molar-refractivity contribution in [3.05, 3.63) is 54.4 Å². The molecule has 0 bridgehead atoms. The minimum atomic E-state index is -0.238. The zero-order valence-corrected chi connectivity index (χ0v) is 14.5. The number of nitrogens with one attached hydrogen (secondary N) is 1. The maximum absolute atomic E-state index is 12.4. The first-order valence-electron chi connectivity index (χ1n) is 8.33. The average molecular weight is 338 g/mol. The van der Waals surface area contributed by atoms with Crippen LogP contribution in [0.3, 0.4) is 0 Å². The molecular formula is C19H22N4O2. The Labute approximate surface area is 147 Å². The van der Waals surface area contributed by atoms with Crippen molar-refractivity contribution in [1.82, 2.24) is 14.9 Å². The maximum atomic E-state index is 12.4. The molecule has 1 N–H and O–H groups in total. The summed E-state index contributed by atoms with van der Waals surface area (Å²) < 4.78 is 5.20. The number of hydrogen-bond donors (Lipinski definition) is 1. The Morgan fingerprint density at radius 3 is 2.56 bits per heavy atom. The molecule has 2 aromatic rings. The van der Waals surface area contributed by atoms with Crippen molar-refractivity contribution in [2.75, 3.05) is 25.5 Å². The van der Waals surface area contributed by atoms with E-state index in [0.717, 1.165) is 25.3 Å². The van der Waals surface area contributed by atoms with E-state index in [1.165, 1.54) is 11.1 Å². The molecule has 25 heavy (non-hydrogen) atoms. The summed E-state index contributed by atoms with van der Waals surface area (Å²) in [4.78, 5) is 22.6. The molecule has 1 atom stereocenters. The highest BCUT2D eigenvalue weighted by atomic mass is 16.5. The van der Waals surface area contributed by atoms with E-state index in [9.17, 15) is 4.79 Å². The standard InChI is InChI=1S/C19H22N4O2/c1-14(18(24)22-19-20-10-3-11-21-19)23-12-8-16(9-13-23)15-4-6-17(25-2)7-5-15/h3-8,10-11,14H,9,12-13H2,1-2H3,(H,20,21,22,24). The lowest BCUT2D eigenvalue weighted by Gasteiger charge is -2.30. The number of ether oxygens (including phenoxy) is 1. The van der Waals surface area contributed by atoms with Crippen LogP contribution in [0.15, 0.2) is 48.8 Å². The molecular weight excluding hydrogens is 316 g/mol. The number of aromatic nitrogens is 2. The number of benzene rings is 1. The molecule has 0 spiro atoms. The van der Waals surface area contributed by atoms with Gasteiger partial charge in [-0.25, -0.2) is 9.97 Å². The molecule has 0 radical (unpaired) electrons. The SMILES string of the molecule is COc1ccc(C2=CCN(C(C)C(=O)Nc3ncccn3)CC2)cc1. The van der Waals surface area contributed by atoms with Crippen molar-refractivity contribution >= 4 is 17.4 Å². The molecule has 6 heteroatoms. The Hall–Kier alpha value is -2.73. The van der Waals surface area contributed by atoms with Crippen molar-refractivity contribution in [3.8, 4) is 5.75 Å². The molecule has 0 fully saturated rings. The Morgan fingerprint density at radius 2 is 1.96 bits per heavy atom. The van der Waals surface area contributed by atoms with Crippen LogP contribution in [0.1, 0.15) is 18.9 Å². The Balaban J connectivity index is 1.60. The molecule has 1 aromatic carbocycles. The monoisotopic (exact) mass is 338 g/mol. The molecule has 1 aromatic heterocycles. The van der Waals surface area contributed by atoms with E-state index in [2.05, 4.69) is 38.4 Å². The molecule has 1 unspecified atom stereocenters. The minimum Gasteiger partial charge on any atom is -0.497 e. The van der Waals surface area contributed by atoms with E-state index in [-0.39, 0.29) is 11.9 Å². The fraction of sp³-hybridized carbons (Fsp3) is 0.316. The maximum Gasteiger partial charge on any atom is 0.243 e. The normalized spacial score (nSPS) is 16.0. The summed E-state index contributed by atoms with van der Waals surface area (Å²) in [5, 5.41) is 2.76. The topological polar surface area (TPSA) is 67.3 Å². The van der Waals surface area contributed by atoms with Gasteiger partial charge in [-0.2, -0.15) is 0 Å². The Bertz CT molecular complexity index is 744. The van der Waals surface area contributed by atoms with Crippen molar-refractivity contribution in [2.45, 2.75) is 19.4 Å². The van der Waals surface area contributed by atoms with Crippen LogP contribution in [0.2, 0.25) is 0 Å². The van der Waals surface area contributed by atoms with E-state index in [1.54, 1.807) is 25.6 Å². The van der Waals surface area contributed by atoms with Gasteiger partial charge in [0.25, 0.3) is 0 Å². The summed E-state index contributed by atoms with van der Waals surface area (Å²) in [5.74, 6) is 1.11. The smallest absolute Gasteiger partial charge is 0.243 e. The van der Waals surface area contributed by atoms with Crippen LogP contribution in [0.5, 0.6) is 5.75 Å². The first-order valence-corrected chi connectivity index (χ1v) is 8.33. The lowest BCUT2D eigenvalue weighted by atomic mass is 9.98. The van der Waals surface area contributed by atoms with Gasteiger partial charge in [-0.15, -0.1) is 0 Å². The number of carbonyl (C=O) groups is 1. The number of methoxy groups -OCH3 is 1. The quantitative estimate of drug-likeness (QED) is 0.908. The Morgan fingerprint density at radius 1 is 1.24 bits per heavy atom. The number of anilines is 1. The van der Waals surface area contributed by atoms with Gasteiger partial charge in [0, 0.05) is 25.5 Å². The number of amides is 1. The zero-order valence-electron chi connectivity index (χ0n) is 14.5. The molecule has 1 aliphatic rings. The fourth-order valence-corrected chi connectivity index (χ4v) is 2.85. The third-order valence-corrected chi connectivity index (χ3v) is 4.43. The number of nitrogens with zero attached hydrogens (tertiary/aromatic N) is 3. The molecule has 130 valence electrons. The van der Waals surface area contributed by atoms with Gasteiger partial charge in [-0.1, -0.05) is 18.2 Å². The lowest BCUT2D eigenvalue weighted by molar-refractivity contribution is -0.120. The van der Waals surface area contributed by atoms with Gasteiger partial charge in [0.1, 0.15) is 5.75 Å². The van der Waals surface area contributed by atoms with Gasteiger partial charge in [-0.3, -0.25) is 15.0 Å². The van der Waals surface area contributed by atoms with E-state index in [0.29, 0.717) is 5.95 Å². The van der Waals surface area contributed by atoms with E-state index in [1.807, 2.05) is 19.1 Å². The largest absolute Gasteiger partial charge is 0.497 e.